The summed E-state index contributed by atoms with van der Waals surface area (Å²) in [6.07, 6.45) is -3.25. The van der Waals surface area contributed by atoms with Gasteiger partial charge in [-0.05, 0) is 45.0 Å². The minimum absolute atomic E-state index is 0.00689. The fourth-order valence-corrected chi connectivity index (χ4v) is 2.71. The molecule has 0 heterocycles. The molecule has 0 aliphatic rings. The number of rotatable bonds is 9. The van der Waals surface area contributed by atoms with Crippen LogP contribution in [-0.4, -0.2) is 51.2 Å². The number of ether oxygens (including phenoxy) is 7. The fourth-order valence-electron chi connectivity index (χ4n) is 2.71. The molecule has 0 spiro atoms. The van der Waals surface area contributed by atoms with Crippen molar-refractivity contribution in [3.05, 3.63) is 47.5 Å². The number of hydrogen-bond acceptors (Lipinski definition) is 11. The lowest BCUT2D eigenvalue weighted by Crippen LogP contribution is -2.18. The summed E-state index contributed by atoms with van der Waals surface area (Å²) in [5, 5.41) is 0. The molecule has 0 radical (unpaired) electrons. The van der Waals surface area contributed by atoms with E-state index in [9.17, 15) is 19.2 Å². The van der Waals surface area contributed by atoms with Crippen LogP contribution in [0.1, 0.15) is 36.7 Å². The minimum Gasteiger partial charge on any atom is -0.496 e. The predicted octanol–water partition coefficient (Wildman–Crippen LogP) is 4.53. The molecule has 0 unspecified atom stereocenters. The normalized spacial score (nSPS) is 10.0. The zero-order chi connectivity index (χ0) is 25.1. The van der Waals surface area contributed by atoms with E-state index in [2.05, 4.69) is 0 Å². The number of methoxy groups -OCH3 is 1. The van der Waals surface area contributed by atoms with Crippen LogP contribution < -0.4 is 18.9 Å². The Morgan fingerprint density at radius 3 is 1.68 bits per heavy atom. The minimum atomic E-state index is -1.14. The Morgan fingerprint density at radius 1 is 0.647 bits per heavy atom. The maximum atomic E-state index is 13.6. The van der Waals surface area contributed by atoms with Gasteiger partial charge >= 0.3 is 18.5 Å². The Labute approximate surface area is 195 Å². The van der Waals surface area contributed by atoms with E-state index in [0.29, 0.717) is 0 Å². The Bertz CT molecular complexity index is 1050. The van der Waals surface area contributed by atoms with E-state index < -0.39 is 30.0 Å². The number of carbonyl (C=O) groups excluding carboxylic acids is 4. The SMILES string of the molecule is CCOC(=O)Oc1cccc(C(=O)c2c(OC)cccc2OC(=O)OCC)c1OC(=O)OCC. The Hall–Kier alpha value is -4.28. The van der Waals surface area contributed by atoms with E-state index in [-0.39, 0.29) is 48.2 Å². The van der Waals surface area contributed by atoms with Gasteiger partial charge < -0.3 is 33.2 Å². The quantitative estimate of drug-likeness (QED) is 0.219. The van der Waals surface area contributed by atoms with Crippen LogP contribution in [0, 0.1) is 0 Å². The summed E-state index contributed by atoms with van der Waals surface area (Å²) < 4.78 is 35.0. The van der Waals surface area contributed by atoms with Crippen molar-refractivity contribution in [2.24, 2.45) is 0 Å². The maximum Gasteiger partial charge on any atom is 0.513 e. The summed E-state index contributed by atoms with van der Waals surface area (Å²) in [6, 6.07) is 8.32. The van der Waals surface area contributed by atoms with Gasteiger partial charge in [0.1, 0.15) is 17.1 Å². The molecule has 34 heavy (non-hydrogen) atoms. The van der Waals surface area contributed by atoms with Crippen LogP contribution in [0.5, 0.6) is 23.0 Å². The topological polar surface area (TPSA) is 133 Å². The van der Waals surface area contributed by atoms with Gasteiger partial charge in [0.2, 0.25) is 5.78 Å². The number of benzene rings is 2. The van der Waals surface area contributed by atoms with Crippen LogP contribution in [0.3, 0.4) is 0 Å². The molecule has 0 aliphatic heterocycles. The molecule has 2 aromatic rings. The Morgan fingerprint density at radius 2 is 1.12 bits per heavy atom. The van der Waals surface area contributed by atoms with Gasteiger partial charge in [0, 0.05) is 0 Å². The second-order valence-corrected chi connectivity index (χ2v) is 6.15. The second kappa shape index (κ2) is 12.7. The van der Waals surface area contributed by atoms with E-state index >= 15 is 0 Å². The lowest BCUT2D eigenvalue weighted by molar-refractivity contribution is 0.0920. The van der Waals surface area contributed by atoms with Crippen LogP contribution in [0.4, 0.5) is 14.4 Å². The molecular formula is C23H24O11. The van der Waals surface area contributed by atoms with E-state index in [4.69, 9.17) is 33.2 Å². The highest BCUT2D eigenvalue weighted by Gasteiger charge is 2.28. The van der Waals surface area contributed by atoms with Crippen LogP contribution >= 0.6 is 0 Å². The van der Waals surface area contributed by atoms with Crippen molar-refractivity contribution in [3.8, 4) is 23.0 Å². The lowest BCUT2D eigenvalue weighted by atomic mass is 10.00. The summed E-state index contributed by atoms with van der Waals surface area (Å²) in [7, 11) is 1.32. The molecule has 182 valence electrons. The van der Waals surface area contributed by atoms with Gasteiger partial charge in [-0.15, -0.1) is 0 Å². The zero-order valence-electron chi connectivity index (χ0n) is 19.1. The molecule has 0 fully saturated rings. The molecule has 0 amide bonds. The van der Waals surface area contributed by atoms with Crippen LogP contribution in [0.15, 0.2) is 36.4 Å². The van der Waals surface area contributed by atoms with Crippen molar-refractivity contribution in [1.82, 2.24) is 0 Å². The van der Waals surface area contributed by atoms with E-state index in [1.165, 1.54) is 43.5 Å². The number of ketones is 1. The first kappa shape index (κ1) is 26.0. The summed E-state index contributed by atoms with van der Waals surface area (Å²) in [5.74, 6) is -1.57. The summed E-state index contributed by atoms with van der Waals surface area (Å²) in [5.41, 5.74) is -0.381. The van der Waals surface area contributed by atoms with Crippen molar-refractivity contribution in [2.45, 2.75) is 20.8 Å². The molecule has 11 heteroatoms. The van der Waals surface area contributed by atoms with Gasteiger partial charge in [-0.1, -0.05) is 12.1 Å². The molecule has 0 aliphatic carbocycles. The van der Waals surface area contributed by atoms with Crippen molar-refractivity contribution >= 4 is 24.2 Å². The number of hydrogen-bond donors (Lipinski definition) is 0. The van der Waals surface area contributed by atoms with Crippen molar-refractivity contribution in [2.75, 3.05) is 26.9 Å². The highest BCUT2D eigenvalue weighted by molar-refractivity contribution is 6.15. The van der Waals surface area contributed by atoms with Gasteiger partial charge in [-0.3, -0.25) is 4.79 Å². The third kappa shape index (κ3) is 6.61. The van der Waals surface area contributed by atoms with Gasteiger partial charge in [-0.25, -0.2) is 14.4 Å². The largest absolute Gasteiger partial charge is 0.513 e. The van der Waals surface area contributed by atoms with Crippen molar-refractivity contribution in [3.63, 3.8) is 0 Å². The van der Waals surface area contributed by atoms with Crippen LogP contribution in [-0.2, 0) is 14.2 Å². The first-order valence-electron chi connectivity index (χ1n) is 10.2. The monoisotopic (exact) mass is 476 g/mol. The average Bonchev–Trinajstić information content (AvgIpc) is 2.80. The average molecular weight is 476 g/mol. The van der Waals surface area contributed by atoms with Crippen molar-refractivity contribution in [1.29, 1.82) is 0 Å². The first-order chi connectivity index (χ1) is 16.4. The predicted molar refractivity (Wildman–Crippen MR) is 116 cm³/mol. The van der Waals surface area contributed by atoms with E-state index in [1.54, 1.807) is 20.8 Å². The Kier molecular flexibility index (Phi) is 9.69. The molecule has 0 aromatic heterocycles. The van der Waals surface area contributed by atoms with Gasteiger partial charge in [0.25, 0.3) is 0 Å². The molecule has 11 nitrogen and oxygen atoms in total. The van der Waals surface area contributed by atoms with Gasteiger partial charge in [-0.2, -0.15) is 0 Å². The second-order valence-electron chi connectivity index (χ2n) is 6.15. The zero-order valence-corrected chi connectivity index (χ0v) is 19.1. The molecule has 2 aromatic carbocycles. The van der Waals surface area contributed by atoms with Gasteiger partial charge in [0.15, 0.2) is 11.5 Å². The summed E-state index contributed by atoms with van der Waals surface area (Å²) in [4.78, 5) is 49.4. The number of carbonyl (C=O) groups is 4. The fraction of sp³-hybridized carbons (Fsp3) is 0.304. The molecule has 2 rings (SSSR count). The molecule has 0 saturated carbocycles. The maximum absolute atomic E-state index is 13.6. The standard InChI is InChI=1S/C23H24O11/c1-5-29-21(25)32-16-12-9-11-15(28-4)18(16)19(24)14-10-8-13-17(33-22(26)30-6-2)20(14)34-23(27)31-7-3/h8-13H,5-7H2,1-4H3. The Balaban J connectivity index is 2.61. The van der Waals surface area contributed by atoms with E-state index in [1.807, 2.05) is 0 Å². The number of para-hydroxylation sites is 1. The molecule has 0 atom stereocenters. The van der Waals surface area contributed by atoms with Crippen molar-refractivity contribution < 1.29 is 52.3 Å². The summed E-state index contributed by atoms with van der Waals surface area (Å²) >= 11 is 0. The molecule has 0 N–H and O–H groups in total. The third-order valence-corrected chi connectivity index (χ3v) is 4.02. The first-order valence-corrected chi connectivity index (χ1v) is 10.2. The summed E-state index contributed by atoms with van der Waals surface area (Å²) in [6.45, 7) is 4.80. The highest BCUT2D eigenvalue weighted by atomic mass is 16.7. The molecule has 0 bridgehead atoms. The molecule has 0 saturated heterocycles. The highest BCUT2D eigenvalue weighted by Crippen LogP contribution is 2.38. The van der Waals surface area contributed by atoms with Crippen LogP contribution in [0.25, 0.3) is 0 Å². The van der Waals surface area contributed by atoms with Crippen LogP contribution in [0.2, 0.25) is 0 Å². The molecular weight excluding hydrogens is 452 g/mol. The smallest absolute Gasteiger partial charge is 0.496 e. The third-order valence-electron chi connectivity index (χ3n) is 4.02. The van der Waals surface area contributed by atoms with E-state index in [0.717, 1.165) is 0 Å². The lowest BCUT2D eigenvalue weighted by Gasteiger charge is -2.16. The van der Waals surface area contributed by atoms with Gasteiger partial charge in [0.05, 0.1) is 32.5 Å².